The Morgan fingerprint density at radius 3 is 1.95 bits per heavy atom. The lowest BCUT2D eigenvalue weighted by atomic mass is 10.1. The van der Waals surface area contributed by atoms with Crippen LogP contribution in [-0.4, -0.2) is 48.9 Å². The number of nitrogens with zero attached hydrogens (tertiary/aromatic N) is 5. The van der Waals surface area contributed by atoms with Crippen LogP contribution in [0.1, 0.15) is 22.4 Å². The van der Waals surface area contributed by atoms with Crippen LogP contribution in [0, 0.1) is 11.8 Å². The highest BCUT2D eigenvalue weighted by Gasteiger charge is 2.36. The van der Waals surface area contributed by atoms with Crippen LogP contribution < -0.4 is 3.71 Å². The van der Waals surface area contributed by atoms with Crippen LogP contribution in [-0.2, 0) is 32.4 Å². The number of rotatable bonds is 4. The van der Waals surface area contributed by atoms with Gasteiger partial charge in [0, 0.05) is 17.3 Å². The zero-order chi connectivity index (χ0) is 29.7. The van der Waals surface area contributed by atoms with E-state index >= 15 is 0 Å². The zero-order valence-electron chi connectivity index (χ0n) is 20.1. The molecule has 0 radical (unpaired) electrons. The average molecular weight is 604 g/mol. The van der Waals surface area contributed by atoms with Crippen molar-refractivity contribution in [3.8, 4) is 23.1 Å². The van der Waals surface area contributed by atoms with Crippen molar-refractivity contribution < 1.29 is 43.2 Å². The van der Waals surface area contributed by atoms with Crippen LogP contribution in [0.2, 0.25) is 0 Å². The SMILES string of the molecule is CS(=O)(=O)N(c1ccc(C#Cc2cnn3c(C(F)(F)F)cc(-c4ccc(C(F)(F)F)cc4)nc23)cn1)S(C)(=O)=O. The number of hydrogen-bond donors (Lipinski definition) is 0. The minimum Gasteiger partial charge on any atom is -0.236 e. The summed E-state index contributed by atoms with van der Waals surface area (Å²) >= 11 is 0. The Balaban J connectivity index is 1.77. The molecule has 4 rings (SSSR count). The lowest BCUT2D eigenvalue weighted by Gasteiger charge is -2.18. The summed E-state index contributed by atoms with van der Waals surface area (Å²) in [5.74, 6) is 4.75. The number of hydrogen-bond acceptors (Lipinski definition) is 7. The Hall–Kier alpha value is -4.17. The first kappa shape index (κ1) is 28.8. The van der Waals surface area contributed by atoms with Crippen LogP contribution in [0.15, 0.2) is 54.9 Å². The summed E-state index contributed by atoms with van der Waals surface area (Å²) in [6, 6.07) is 6.39. The lowest BCUT2D eigenvalue weighted by Crippen LogP contribution is -2.35. The van der Waals surface area contributed by atoms with E-state index < -0.39 is 49.5 Å². The third kappa shape index (κ3) is 6.02. The third-order valence-corrected chi connectivity index (χ3v) is 8.35. The molecule has 0 spiro atoms. The molecular weight excluding hydrogens is 588 g/mol. The molecule has 0 unspecified atom stereocenters. The summed E-state index contributed by atoms with van der Waals surface area (Å²) in [5.41, 5.74) is -2.78. The molecule has 0 fully saturated rings. The van der Waals surface area contributed by atoms with Gasteiger partial charge >= 0.3 is 12.4 Å². The number of aromatic nitrogens is 4. The fraction of sp³-hybridized carbons (Fsp3) is 0.174. The number of fused-ring (bicyclic) bond motifs is 1. The minimum absolute atomic E-state index is 0.0118. The Kier molecular flexibility index (Phi) is 7.05. The molecule has 17 heteroatoms. The van der Waals surface area contributed by atoms with Crippen molar-refractivity contribution in [3.63, 3.8) is 0 Å². The second kappa shape index (κ2) is 9.78. The fourth-order valence-corrected chi connectivity index (χ4v) is 6.39. The van der Waals surface area contributed by atoms with Crippen molar-refractivity contribution in [2.24, 2.45) is 0 Å². The molecule has 0 amide bonds. The molecule has 0 atom stereocenters. The quantitative estimate of drug-likeness (QED) is 0.256. The Morgan fingerprint density at radius 1 is 0.825 bits per heavy atom. The van der Waals surface area contributed by atoms with Gasteiger partial charge in [-0.3, -0.25) is 0 Å². The molecule has 0 aliphatic rings. The lowest BCUT2D eigenvalue weighted by molar-refractivity contribution is -0.142. The number of pyridine rings is 1. The fourth-order valence-electron chi connectivity index (χ4n) is 3.52. The van der Waals surface area contributed by atoms with Gasteiger partial charge in [-0.15, -0.1) is 3.71 Å². The van der Waals surface area contributed by atoms with Crippen molar-refractivity contribution in [1.29, 1.82) is 0 Å². The standard InChI is InChI=1S/C23H15F6N5O4S2/c1-39(35,36)34(40(2,37)38)20-10-4-14(12-30-20)3-5-16-13-31-33-19(23(27,28)29)11-18(32-21(16)33)15-6-8-17(9-7-15)22(24,25)26/h4,6-13H,1-2H3. The van der Waals surface area contributed by atoms with Gasteiger partial charge < -0.3 is 0 Å². The molecule has 3 heterocycles. The monoisotopic (exact) mass is 603 g/mol. The first-order valence-electron chi connectivity index (χ1n) is 10.7. The Morgan fingerprint density at radius 2 is 1.45 bits per heavy atom. The van der Waals surface area contributed by atoms with Gasteiger partial charge in [0.15, 0.2) is 17.2 Å². The van der Waals surface area contributed by atoms with Crippen LogP contribution in [0.4, 0.5) is 32.2 Å². The summed E-state index contributed by atoms with van der Waals surface area (Å²) < 4.78 is 128. The first-order chi connectivity index (χ1) is 18.4. The van der Waals surface area contributed by atoms with Crippen molar-refractivity contribution in [2.75, 3.05) is 16.2 Å². The highest BCUT2D eigenvalue weighted by molar-refractivity contribution is 8.09. The molecule has 0 aliphatic carbocycles. The second-order valence-corrected chi connectivity index (χ2v) is 12.2. The molecule has 210 valence electrons. The molecule has 0 saturated heterocycles. The van der Waals surface area contributed by atoms with Gasteiger partial charge in [0.05, 0.1) is 35.5 Å². The smallest absolute Gasteiger partial charge is 0.236 e. The van der Waals surface area contributed by atoms with Gasteiger partial charge in [-0.05, 0) is 30.3 Å². The van der Waals surface area contributed by atoms with Crippen LogP contribution >= 0.6 is 0 Å². The maximum absolute atomic E-state index is 13.8. The van der Waals surface area contributed by atoms with E-state index in [2.05, 4.69) is 26.9 Å². The molecule has 9 nitrogen and oxygen atoms in total. The summed E-state index contributed by atoms with van der Waals surface area (Å²) in [5, 5.41) is 3.70. The predicted molar refractivity (Wildman–Crippen MR) is 131 cm³/mol. The van der Waals surface area contributed by atoms with E-state index in [0.29, 0.717) is 23.1 Å². The second-order valence-electron chi connectivity index (χ2n) is 8.27. The molecule has 0 N–H and O–H groups in total. The summed E-state index contributed by atoms with van der Waals surface area (Å²) in [7, 11) is -8.47. The predicted octanol–water partition coefficient (Wildman–Crippen LogP) is 3.95. The molecule has 4 aromatic rings. The largest absolute Gasteiger partial charge is 0.433 e. The molecule has 40 heavy (non-hydrogen) atoms. The van der Waals surface area contributed by atoms with Crippen LogP contribution in [0.25, 0.3) is 16.9 Å². The topological polar surface area (TPSA) is 115 Å². The highest BCUT2D eigenvalue weighted by atomic mass is 32.3. The zero-order valence-corrected chi connectivity index (χ0v) is 21.8. The van der Waals surface area contributed by atoms with E-state index in [1.165, 1.54) is 6.07 Å². The van der Waals surface area contributed by atoms with E-state index in [4.69, 9.17) is 0 Å². The molecular formula is C23H15F6N5O4S2. The van der Waals surface area contributed by atoms with Crippen molar-refractivity contribution >= 4 is 31.5 Å². The summed E-state index contributed by atoms with van der Waals surface area (Å²) in [6.07, 6.45) is -6.12. The van der Waals surface area contributed by atoms with Crippen molar-refractivity contribution in [2.45, 2.75) is 12.4 Å². The minimum atomic E-state index is -4.90. The molecule has 0 bridgehead atoms. The van der Waals surface area contributed by atoms with Gasteiger partial charge in [-0.2, -0.15) is 31.4 Å². The van der Waals surface area contributed by atoms with E-state index in [-0.39, 0.29) is 31.7 Å². The maximum atomic E-state index is 13.8. The van der Waals surface area contributed by atoms with Crippen molar-refractivity contribution in [3.05, 3.63) is 77.2 Å². The highest BCUT2D eigenvalue weighted by Crippen LogP contribution is 2.34. The van der Waals surface area contributed by atoms with Gasteiger partial charge in [0.2, 0.25) is 20.0 Å². The van der Waals surface area contributed by atoms with E-state index in [1.54, 1.807) is 0 Å². The van der Waals surface area contributed by atoms with Crippen LogP contribution in [0.3, 0.4) is 0 Å². The Labute approximate surface area is 223 Å². The molecule has 1 aromatic carbocycles. The van der Waals surface area contributed by atoms with Crippen molar-refractivity contribution in [1.82, 2.24) is 19.6 Å². The maximum Gasteiger partial charge on any atom is 0.433 e. The average Bonchev–Trinajstić information content (AvgIpc) is 3.23. The van der Waals surface area contributed by atoms with E-state index in [1.807, 2.05) is 0 Å². The van der Waals surface area contributed by atoms with E-state index in [0.717, 1.165) is 42.7 Å². The number of anilines is 1. The number of alkyl halides is 6. The van der Waals surface area contributed by atoms with E-state index in [9.17, 15) is 43.2 Å². The molecule has 0 aliphatic heterocycles. The normalized spacial score (nSPS) is 12.7. The number of halogens is 6. The summed E-state index contributed by atoms with van der Waals surface area (Å²) in [4.78, 5) is 7.93. The first-order valence-corrected chi connectivity index (χ1v) is 14.4. The Bertz CT molecular complexity index is 1840. The third-order valence-electron chi connectivity index (χ3n) is 5.15. The summed E-state index contributed by atoms with van der Waals surface area (Å²) in [6.45, 7) is 0. The van der Waals surface area contributed by atoms with Gasteiger partial charge in [0.1, 0.15) is 0 Å². The van der Waals surface area contributed by atoms with Crippen LogP contribution in [0.5, 0.6) is 0 Å². The molecule has 3 aromatic heterocycles. The molecule has 0 saturated carbocycles. The number of sulfonamides is 2. The number of benzene rings is 1. The van der Waals surface area contributed by atoms with Gasteiger partial charge in [-0.1, -0.05) is 24.0 Å². The van der Waals surface area contributed by atoms with Gasteiger partial charge in [-0.25, -0.2) is 31.3 Å². The van der Waals surface area contributed by atoms with Gasteiger partial charge in [0.25, 0.3) is 0 Å².